The van der Waals surface area contributed by atoms with E-state index in [4.69, 9.17) is 0 Å². The molecular formula is C15H28N4OS. The van der Waals surface area contributed by atoms with Crippen LogP contribution >= 0.6 is 11.8 Å². The lowest BCUT2D eigenvalue weighted by atomic mass is 9.98. The Kier molecular flexibility index (Phi) is 6.99. The summed E-state index contributed by atoms with van der Waals surface area (Å²) in [6.07, 6.45) is 9.08. The van der Waals surface area contributed by atoms with Gasteiger partial charge in [0.05, 0.1) is 13.2 Å². The molecule has 0 saturated carbocycles. The van der Waals surface area contributed by atoms with Crippen molar-refractivity contribution in [1.82, 2.24) is 19.7 Å². The van der Waals surface area contributed by atoms with Gasteiger partial charge in [-0.2, -0.15) is 16.9 Å². The van der Waals surface area contributed by atoms with Crippen LogP contribution in [0.25, 0.3) is 0 Å². The maximum Gasteiger partial charge on any atom is 0.151 e. The normalized spacial score (nSPS) is 20.0. The van der Waals surface area contributed by atoms with Gasteiger partial charge < -0.3 is 10.0 Å². The predicted molar refractivity (Wildman–Crippen MR) is 87.8 cm³/mol. The van der Waals surface area contributed by atoms with Crippen molar-refractivity contribution in [1.29, 1.82) is 0 Å². The Morgan fingerprint density at radius 2 is 2.19 bits per heavy atom. The zero-order valence-electron chi connectivity index (χ0n) is 13.3. The van der Waals surface area contributed by atoms with Gasteiger partial charge in [0.1, 0.15) is 5.82 Å². The van der Waals surface area contributed by atoms with Crippen molar-refractivity contribution >= 4 is 11.8 Å². The van der Waals surface area contributed by atoms with Crippen LogP contribution in [0, 0.1) is 0 Å². The summed E-state index contributed by atoms with van der Waals surface area (Å²) in [6, 6.07) is 0.674. The molecule has 21 heavy (non-hydrogen) atoms. The van der Waals surface area contributed by atoms with Crippen molar-refractivity contribution in [3.63, 3.8) is 0 Å². The van der Waals surface area contributed by atoms with Crippen LogP contribution in [0.5, 0.6) is 0 Å². The third-order valence-electron chi connectivity index (χ3n) is 4.26. The smallest absolute Gasteiger partial charge is 0.151 e. The Labute approximate surface area is 132 Å². The van der Waals surface area contributed by atoms with E-state index >= 15 is 0 Å². The lowest BCUT2D eigenvalue weighted by molar-refractivity contribution is 0.175. The van der Waals surface area contributed by atoms with Crippen molar-refractivity contribution < 1.29 is 5.11 Å². The molecule has 2 heterocycles. The van der Waals surface area contributed by atoms with E-state index in [0.29, 0.717) is 12.6 Å². The van der Waals surface area contributed by atoms with E-state index in [-0.39, 0.29) is 6.61 Å². The van der Waals surface area contributed by atoms with Gasteiger partial charge in [-0.25, -0.2) is 9.67 Å². The maximum atomic E-state index is 9.19. The summed E-state index contributed by atoms with van der Waals surface area (Å²) >= 11 is 1.82. The van der Waals surface area contributed by atoms with E-state index in [2.05, 4.69) is 28.3 Å². The van der Waals surface area contributed by atoms with Gasteiger partial charge in [0.15, 0.2) is 5.82 Å². The van der Waals surface area contributed by atoms with E-state index < -0.39 is 0 Å². The number of aliphatic hydroxyl groups is 1. The highest BCUT2D eigenvalue weighted by molar-refractivity contribution is 7.98. The Hall–Kier alpha value is -0.590. The highest BCUT2D eigenvalue weighted by Crippen LogP contribution is 2.19. The van der Waals surface area contributed by atoms with E-state index in [1.165, 1.54) is 25.8 Å². The van der Waals surface area contributed by atoms with Crippen LogP contribution in [0.3, 0.4) is 0 Å². The number of likely N-dealkylation sites (tertiary alicyclic amines) is 1. The summed E-state index contributed by atoms with van der Waals surface area (Å²) in [5, 5.41) is 13.7. The first-order valence-corrected chi connectivity index (χ1v) is 9.36. The van der Waals surface area contributed by atoms with E-state index in [9.17, 15) is 5.11 Å². The van der Waals surface area contributed by atoms with Crippen molar-refractivity contribution in [3.05, 3.63) is 11.6 Å². The molecule has 0 amide bonds. The molecule has 2 rings (SSSR count). The number of thioether (sulfide) groups is 1. The van der Waals surface area contributed by atoms with E-state index in [0.717, 1.165) is 36.7 Å². The van der Waals surface area contributed by atoms with Gasteiger partial charge in [-0.3, -0.25) is 0 Å². The SMILES string of the molecule is CSCCc1nc(CCC2CCCCN2C)n(CCO)n1. The molecular weight excluding hydrogens is 284 g/mol. The van der Waals surface area contributed by atoms with Gasteiger partial charge in [0.2, 0.25) is 0 Å². The quantitative estimate of drug-likeness (QED) is 0.790. The van der Waals surface area contributed by atoms with Crippen molar-refractivity contribution in [2.45, 2.75) is 51.1 Å². The second kappa shape index (κ2) is 8.76. The fourth-order valence-electron chi connectivity index (χ4n) is 2.99. The zero-order valence-corrected chi connectivity index (χ0v) is 14.1. The predicted octanol–water partition coefficient (Wildman–Crippen LogP) is 1.59. The lowest BCUT2D eigenvalue weighted by Gasteiger charge is -2.32. The van der Waals surface area contributed by atoms with Crippen LogP contribution in [0.1, 0.15) is 37.3 Å². The third kappa shape index (κ3) is 4.97. The molecule has 1 atom stereocenters. The Balaban J connectivity index is 1.94. The minimum Gasteiger partial charge on any atom is -0.394 e. The molecule has 1 aromatic heterocycles. The molecule has 0 spiro atoms. The second-order valence-corrected chi connectivity index (χ2v) is 6.79. The molecule has 6 heteroatoms. The molecule has 0 bridgehead atoms. The monoisotopic (exact) mass is 312 g/mol. The third-order valence-corrected chi connectivity index (χ3v) is 4.87. The topological polar surface area (TPSA) is 54.2 Å². The van der Waals surface area contributed by atoms with Crippen molar-refractivity contribution in [2.75, 3.05) is 32.2 Å². The number of aryl methyl sites for hydroxylation is 2. The Bertz CT molecular complexity index is 424. The average Bonchev–Trinajstić information content (AvgIpc) is 2.87. The van der Waals surface area contributed by atoms with Gasteiger partial charge in [-0.05, 0) is 39.1 Å². The number of rotatable bonds is 8. The largest absolute Gasteiger partial charge is 0.394 e. The van der Waals surface area contributed by atoms with Gasteiger partial charge in [0.25, 0.3) is 0 Å². The Morgan fingerprint density at radius 3 is 2.90 bits per heavy atom. The average molecular weight is 312 g/mol. The zero-order chi connectivity index (χ0) is 15.1. The minimum absolute atomic E-state index is 0.127. The number of aromatic nitrogens is 3. The molecule has 1 saturated heterocycles. The van der Waals surface area contributed by atoms with Crippen molar-refractivity contribution in [3.8, 4) is 0 Å². The summed E-state index contributed by atoms with van der Waals surface area (Å²) in [4.78, 5) is 7.16. The molecule has 120 valence electrons. The number of hydrogen-bond donors (Lipinski definition) is 1. The molecule has 1 aliphatic heterocycles. The summed E-state index contributed by atoms with van der Waals surface area (Å²) in [7, 11) is 2.23. The van der Waals surface area contributed by atoms with Gasteiger partial charge in [-0.15, -0.1) is 0 Å². The van der Waals surface area contributed by atoms with Crippen LogP contribution in [0.4, 0.5) is 0 Å². The Morgan fingerprint density at radius 1 is 1.33 bits per heavy atom. The molecule has 1 aliphatic rings. The first-order valence-electron chi connectivity index (χ1n) is 7.97. The highest BCUT2D eigenvalue weighted by atomic mass is 32.2. The summed E-state index contributed by atoms with van der Waals surface area (Å²) in [5.41, 5.74) is 0. The fourth-order valence-corrected chi connectivity index (χ4v) is 3.38. The van der Waals surface area contributed by atoms with Gasteiger partial charge in [-0.1, -0.05) is 6.42 Å². The van der Waals surface area contributed by atoms with E-state index in [1.807, 2.05) is 16.4 Å². The van der Waals surface area contributed by atoms with Crippen LogP contribution in [-0.2, 0) is 19.4 Å². The number of nitrogens with zero attached hydrogens (tertiary/aromatic N) is 4. The molecule has 1 aromatic rings. The highest BCUT2D eigenvalue weighted by Gasteiger charge is 2.20. The molecule has 5 nitrogen and oxygen atoms in total. The molecule has 0 aliphatic carbocycles. The molecule has 1 fully saturated rings. The summed E-state index contributed by atoms with van der Waals surface area (Å²) in [5.74, 6) is 3.01. The summed E-state index contributed by atoms with van der Waals surface area (Å²) in [6.45, 7) is 1.90. The van der Waals surface area contributed by atoms with Crippen LogP contribution < -0.4 is 0 Å². The van der Waals surface area contributed by atoms with Gasteiger partial charge >= 0.3 is 0 Å². The van der Waals surface area contributed by atoms with E-state index in [1.54, 1.807) is 0 Å². The standard InChI is InChI=1S/C15H28N4OS/c1-18-9-4-3-5-13(18)6-7-15-16-14(8-12-21-2)17-19(15)10-11-20/h13,20H,3-12H2,1-2H3. The number of piperidine rings is 1. The first kappa shape index (κ1) is 16.8. The van der Waals surface area contributed by atoms with Crippen LogP contribution in [0.15, 0.2) is 0 Å². The van der Waals surface area contributed by atoms with Crippen LogP contribution in [0.2, 0.25) is 0 Å². The molecule has 1 N–H and O–H groups in total. The second-order valence-electron chi connectivity index (χ2n) is 5.80. The van der Waals surface area contributed by atoms with Crippen LogP contribution in [-0.4, -0.2) is 63.0 Å². The lowest BCUT2D eigenvalue weighted by Crippen LogP contribution is -2.36. The number of aliphatic hydroxyl groups excluding tert-OH is 1. The molecule has 0 aromatic carbocycles. The maximum absolute atomic E-state index is 9.19. The minimum atomic E-state index is 0.127. The van der Waals surface area contributed by atoms with Gasteiger partial charge in [0, 0.05) is 24.6 Å². The molecule has 0 radical (unpaired) electrons. The first-order chi connectivity index (χ1) is 10.2. The molecule has 1 unspecified atom stereocenters. The van der Waals surface area contributed by atoms with Crippen molar-refractivity contribution in [2.24, 2.45) is 0 Å². The summed E-state index contributed by atoms with van der Waals surface area (Å²) < 4.78 is 1.90. The number of hydrogen-bond acceptors (Lipinski definition) is 5. The fraction of sp³-hybridized carbons (Fsp3) is 0.867.